The quantitative estimate of drug-likeness (QED) is 0.795. The molecule has 0 unspecified atom stereocenters. The van der Waals surface area contributed by atoms with E-state index in [2.05, 4.69) is 4.90 Å². The first kappa shape index (κ1) is 12.7. The molecule has 4 heteroatoms. The van der Waals surface area contributed by atoms with Crippen molar-refractivity contribution >= 4 is 17.3 Å². The monoisotopic (exact) mass is 270 g/mol. The van der Waals surface area contributed by atoms with E-state index >= 15 is 0 Å². The van der Waals surface area contributed by atoms with Crippen molar-refractivity contribution in [2.75, 3.05) is 29.9 Å². The van der Waals surface area contributed by atoms with Gasteiger partial charge in [-0.25, -0.2) is 4.39 Å². The van der Waals surface area contributed by atoms with Crippen molar-refractivity contribution in [2.24, 2.45) is 0 Å². The normalized spacial score (nSPS) is 14.1. The van der Waals surface area contributed by atoms with E-state index < -0.39 is 5.82 Å². The zero-order valence-electron chi connectivity index (χ0n) is 11.2. The highest BCUT2D eigenvalue weighted by Crippen LogP contribution is 2.32. The molecule has 0 radical (unpaired) electrons. The lowest BCUT2D eigenvalue weighted by atomic mass is 10.1. The highest BCUT2D eigenvalue weighted by molar-refractivity contribution is 6.08. The molecule has 1 heterocycles. The van der Waals surface area contributed by atoms with E-state index in [4.69, 9.17) is 0 Å². The molecule has 0 aromatic heterocycles. The van der Waals surface area contributed by atoms with Crippen LogP contribution in [-0.4, -0.2) is 26.0 Å². The second-order valence-electron chi connectivity index (χ2n) is 4.85. The minimum absolute atomic E-state index is 0.117. The Bertz CT molecular complexity index is 656. The number of amides is 1. The summed E-state index contributed by atoms with van der Waals surface area (Å²) in [6, 6.07) is 13.8. The summed E-state index contributed by atoms with van der Waals surface area (Å²) in [7, 11) is 1.99. The van der Waals surface area contributed by atoms with Crippen LogP contribution in [0.3, 0.4) is 0 Å². The third kappa shape index (κ3) is 2.03. The maximum Gasteiger partial charge on any atom is 0.261 e. The Kier molecular flexibility index (Phi) is 3.14. The van der Waals surface area contributed by atoms with Crippen molar-refractivity contribution < 1.29 is 9.18 Å². The second-order valence-corrected chi connectivity index (χ2v) is 4.85. The van der Waals surface area contributed by atoms with Crippen LogP contribution in [0.5, 0.6) is 0 Å². The fourth-order valence-corrected chi connectivity index (χ4v) is 2.50. The van der Waals surface area contributed by atoms with Gasteiger partial charge in [0.25, 0.3) is 5.91 Å². The number of rotatable bonds is 1. The van der Waals surface area contributed by atoms with Gasteiger partial charge in [-0.1, -0.05) is 24.3 Å². The standard InChI is InChI=1S/C16H15FN2O/c1-18-10-11-19(15-9-5-4-8-14(15)18)16(20)12-6-2-3-7-13(12)17/h2-9H,10-11H2,1H3. The predicted molar refractivity (Wildman–Crippen MR) is 77.8 cm³/mol. The summed E-state index contributed by atoms with van der Waals surface area (Å²) in [5, 5.41) is 0. The van der Waals surface area contributed by atoms with Gasteiger partial charge in [-0.2, -0.15) is 0 Å². The molecule has 3 rings (SSSR count). The van der Waals surface area contributed by atoms with Crippen molar-refractivity contribution in [3.05, 3.63) is 59.9 Å². The molecule has 2 aromatic rings. The Balaban J connectivity index is 2.02. The highest BCUT2D eigenvalue weighted by atomic mass is 19.1. The highest BCUT2D eigenvalue weighted by Gasteiger charge is 2.26. The molecule has 1 amide bonds. The molecule has 0 spiro atoms. The van der Waals surface area contributed by atoms with Gasteiger partial charge in [-0.15, -0.1) is 0 Å². The van der Waals surface area contributed by atoms with Crippen molar-refractivity contribution in [3.63, 3.8) is 0 Å². The average Bonchev–Trinajstić information content (AvgIpc) is 2.48. The van der Waals surface area contributed by atoms with Crippen LogP contribution in [0.15, 0.2) is 48.5 Å². The van der Waals surface area contributed by atoms with Gasteiger partial charge in [0.15, 0.2) is 0 Å². The molecule has 0 fully saturated rings. The Labute approximate surface area is 117 Å². The maximum absolute atomic E-state index is 13.8. The van der Waals surface area contributed by atoms with E-state index in [0.29, 0.717) is 6.54 Å². The summed E-state index contributed by atoms with van der Waals surface area (Å²) in [6.07, 6.45) is 0. The lowest BCUT2D eigenvalue weighted by molar-refractivity contribution is 0.0983. The summed E-state index contributed by atoms with van der Waals surface area (Å²) in [6.45, 7) is 1.29. The predicted octanol–water partition coefficient (Wildman–Crippen LogP) is 2.92. The Morgan fingerprint density at radius 2 is 1.65 bits per heavy atom. The molecule has 0 saturated carbocycles. The number of benzene rings is 2. The number of para-hydroxylation sites is 2. The number of halogens is 1. The number of hydrogen-bond acceptors (Lipinski definition) is 2. The number of likely N-dealkylation sites (N-methyl/N-ethyl adjacent to an activating group) is 1. The zero-order chi connectivity index (χ0) is 14.1. The molecule has 0 bridgehead atoms. The summed E-state index contributed by atoms with van der Waals surface area (Å²) in [4.78, 5) is 16.3. The summed E-state index contributed by atoms with van der Waals surface area (Å²) in [5.74, 6) is -0.766. The van der Waals surface area contributed by atoms with Crippen LogP contribution in [-0.2, 0) is 0 Å². The van der Waals surface area contributed by atoms with Crippen molar-refractivity contribution in [3.8, 4) is 0 Å². The molecular weight excluding hydrogens is 255 g/mol. The van der Waals surface area contributed by atoms with E-state index in [1.807, 2.05) is 31.3 Å². The van der Waals surface area contributed by atoms with Crippen LogP contribution in [0.1, 0.15) is 10.4 Å². The third-order valence-corrected chi connectivity index (χ3v) is 3.59. The average molecular weight is 270 g/mol. The molecule has 20 heavy (non-hydrogen) atoms. The Hall–Kier alpha value is -2.36. The first-order chi connectivity index (χ1) is 9.68. The van der Waals surface area contributed by atoms with Crippen LogP contribution in [0.25, 0.3) is 0 Å². The largest absolute Gasteiger partial charge is 0.371 e. The smallest absolute Gasteiger partial charge is 0.261 e. The fourth-order valence-electron chi connectivity index (χ4n) is 2.50. The number of carbonyl (C=O) groups is 1. The zero-order valence-corrected chi connectivity index (χ0v) is 11.2. The van der Waals surface area contributed by atoms with Crippen LogP contribution in [0.2, 0.25) is 0 Å². The number of carbonyl (C=O) groups excluding carboxylic acids is 1. The topological polar surface area (TPSA) is 23.6 Å². The summed E-state index contributed by atoms with van der Waals surface area (Å²) < 4.78 is 13.8. The molecule has 0 aliphatic carbocycles. The molecule has 102 valence electrons. The minimum Gasteiger partial charge on any atom is -0.371 e. The second kappa shape index (κ2) is 4.96. The van der Waals surface area contributed by atoms with Gasteiger partial charge in [-0.05, 0) is 24.3 Å². The molecule has 3 nitrogen and oxygen atoms in total. The number of hydrogen-bond donors (Lipinski definition) is 0. The van der Waals surface area contributed by atoms with E-state index in [9.17, 15) is 9.18 Å². The lowest BCUT2D eigenvalue weighted by Crippen LogP contribution is -2.42. The molecule has 0 atom stereocenters. The van der Waals surface area contributed by atoms with Gasteiger partial charge in [0.1, 0.15) is 5.82 Å². The lowest BCUT2D eigenvalue weighted by Gasteiger charge is -2.35. The number of nitrogens with zero attached hydrogens (tertiary/aromatic N) is 2. The molecule has 0 saturated heterocycles. The number of anilines is 2. The minimum atomic E-state index is -0.478. The third-order valence-electron chi connectivity index (χ3n) is 3.59. The molecule has 0 N–H and O–H groups in total. The van der Waals surface area contributed by atoms with Gasteiger partial charge in [0, 0.05) is 20.1 Å². The first-order valence-corrected chi connectivity index (χ1v) is 6.55. The maximum atomic E-state index is 13.8. The van der Waals surface area contributed by atoms with Crippen LogP contribution >= 0.6 is 0 Å². The van der Waals surface area contributed by atoms with E-state index in [1.165, 1.54) is 12.1 Å². The first-order valence-electron chi connectivity index (χ1n) is 6.55. The Morgan fingerprint density at radius 1 is 1.00 bits per heavy atom. The molecular formula is C16H15FN2O. The van der Waals surface area contributed by atoms with E-state index in [-0.39, 0.29) is 11.5 Å². The fraction of sp³-hybridized carbons (Fsp3) is 0.188. The van der Waals surface area contributed by atoms with Crippen LogP contribution in [0, 0.1) is 5.82 Å². The summed E-state index contributed by atoms with van der Waals surface area (Å²) >= 11 is 0. The van der Waals surface area contributed by atoms with Gasteiger partial charge >= 0.3 is 0 Å². The van der Waals surface area contributed by atoms with Crippen molar-refractivity contribution in [1.29, 1.82) is 0 Å². The van der Waals surface area contributed by atoms with E-state index in [1.54, 1.807) is 17.0 Å². The SMILES string of the molecule is CN1CCN(C(=O)c2ccccc2F)c2ccccc21. The molecule has 2 aromatic carbocycles. The van der Waals surface area contributed by atoms with Gasteiger partial charge < -0.3 is 9.80 Å². The van der Waals surface area contributed by atoms with Gasteiger partial charge in [-0.3, -0.25) is 4.79 Å². The molecule has 1 aliphatic heterocycles. The number of fused-ring (bicyclic) bond motifs is 1. The van der Waals surface area contributed by atoms with E-state index in [0.717, 1.165) is 17.9 Å². The van der Waals surface area contributed by atoms with Crippen LogP contribution in [0.4, 0.5) is 15.8 Å². The molecule has 1 aliphatic rings. The van der Waals surface area contributed by atoms with Gasteiger partial charge in [0.05, 0.1) is 16.9 Å². The Morgan fingerprint density at radius 3 is 2.40 bits per heavy atom. The van der Waals surface area contributed by atoms with Crippen molar-refractivity contribution in [2.45, 2.75) is 0 Å². The van der Waals surface area contributed by atoms with Crippen molar-refractivity contribution in [1.82, 2.24) is 0 Å². The summed E-state index contributed by atoms with van der Waals surface area (Å²) in [5.41, 5.74) is 1.93. The van der Waals surface area contributed by atoms with Crippen LogP contribution < -0.4 is 9.80 Å². The van der Waals surface area contributed by atoms with Gasteiger partial charge in [0.2, 0.25) is 0 Å².